The average Bonchev–Trinajstić information content (AvgIpc) is 2.40. The Morgan fingerprint density at radius 1 is 1.18 bits per heavy atom. The van der Waals surface area contributed by atoms with Crippen molar-refractivity contribution in [2.45, 2.75) is 0 Å². The van der Waals surface area contributed by atoms with E-state index in [0.29, 0.717) is 11.6 Å². The quantitative estimate of drug-likeness (QED) is 0.755. The van der Waals surface area contributed by atoms with E-state index < -0.39 is 5.97 Å². The summed E-state index contributed by atoms with van der Waals surface area (Å²) in [6.07, 6.45) is 3.08. The zero-order valence-electron chi connectivity index (χ0n) is 9.16. The summed E-state index contributed by atoms with van der Waals surface area (Å²) in [5.41, 5.74) is 0.237. The molecule has 2 aromatic rings. The molecule has 0 fully saturated rings. The first-order valence-electron chi connectivity index (χ1n) is 4.93. The predicted molar refractivity (Wildman–Crippen MR) is 59.9 cm³/mol. The number of carbonyl (C=O) groups excluding carboxylic acids is 1. The van der Waals surface area contributed by atoms with Crippen LogP contribution in [0, 0.1) is 0 Å². The topological polar surface area (TPSA) is 61.3 Å². The molecule has 0 saturated carbocycles. The minimum atomic E-state index is -0.477. The highest BCUT2D eigenvalue weighted by molar-refractivity contribution is 5.87. The van der Waals surface area contributed by atoms with Gasteiger partial charge in [0.1, 0.15) is 11.4 Å². The van der Waals surface area contributed by atoms with Crippen molar-refractivity contribution in [2.24, 2.45) is 0 Å². The SMILES string of the molecule is COC(=O)c1ccc(Oc2ccccn2)cn1. The second kappa shape index (κ2) is 5.07. The molecule has 86 valence electrons. The molecule has 0 spiro atoms. The Morgan fingerprint density at radius 3 is 2.65 bits per heavy atom. The first kappa shape index (κ1) is 11.1. The Balaban J connectivity index is 2.11. The van der Waals surface area contributed by atoms with E-state index in [-0.39, 0.29) is 5.69 Å². The molecule has 0 amide bonds. The number of nitrogens with zero attached hydrogens (tertiary/aromatic N) is 2. The highest BCUT2D eigenvalue weighted by Crippen LogP contribution is 2.17. The Labute approximate surface area is 98.0 Å². The lowest BCUT2D eigenvalue weighted by Gasteiger charge is -2.04. The van der Waals surface area contributed by atoms with Gasteiger partial charge in [0.25, 0.3) is 0 Å². The maximum Gasteiger partial charge on any atom is 0.356 e. The molecule has 0 aliphatic heterocycles. The minimum Gasteiger partial charge on any atom is -0.464 e. The van der Waals surface area contributed by atoms with Crippen LogP contribution in [0.5, 0.6) is 11.6 Å². The minimum absolute atomic E-state index is 0.237. The number of pyridine rings is 2. The summed E-state index contributed by atoms with van der Waals surface area (Å²) in [6.45, 7) is 0. The third-order valence-corrected chi connectivity index (χ3v) is 1.99. The first-order valence-corrected chi connectivity index (χ1v) is 4.93. The van der Waals surface area contributed by atoms with Gasteiger partial charge >= 0.3 is 5.97 Å². The van der Waals surface area contributed by atoms with Gasteiger partial charge in [-0.25, -0.2) is 14.8 Å². The number of ether oxygens (including phenoxy) is 2. The Morgan fingerprint density at radius 2 is 2.06 bits per heavy atom. The molecule has 5 heteroatoms. The summed E-state index contributed by atoms with van der Waals surface area (Å²) in [5, 5.41) is 0. The van der Waals surface area contributed by atoms with Crippen LogP contribution < -0.4 is 4.74 Å². The fourth-order valence-electron chi connectivity index (χ4n) is 1.19. The van der Waals surface area contributed by atoms with E-state index in [4.69, 9.17) is 4.74 Å². The van der Waals surface area contributed by atoms with Gasteiger partial charge in [-0.1, -0.05) is 6.07 Å². The lowest BCUT2D eigenvalue weighted by molar-refractivity contribution is 0.0594. The molecule has 0 atom stereocenters. The molecule has 17 heavy (non-hydrogen) atoms. The Kier molecular flexibility index (Phi) is 3.30. The van der Waals surface area contributed by atoms with Crippen LogP contribution in [0.25, 0.3) is 0 Å². The van der Waals surface area contributed by atoms with Gasteiger partial charge in [-0.2, -0.15) is 0 Å². The summed E-state index contributed by atoms with van der Waals surface area (Å²) in [4.78, 5) is 19.1. The molecule has 2 heterocycles. The molecule has 5 nitrogen and oxygen atoms in total. The van der Waals surface area contributed by atoms with Crippen LogP contribution in [0.15, 0.2) is 42.7 Å². The van der Waals surface area contributed by atoms with Gasteiger partial charge in [-0.15, -0.1) is 0 Å². The zero-order valence-corrected chi connectivity index (χ0v) is 9.16. The van der Waals surface area contributed by atoms with Gasteiger partial charge in [0.05, 0.1) is 13.3 Å². The van der Waals surface area contributed by atoms with Crippen LogP contribution in [-0.2, 0) is 4.74 Å². The standard InChI is InChI=1S/C12H10N2O3/c1-16-12(15)10-6-5-9(8-14-10)17-11-4-2-3-7-13-11/h2-8H,1H3. The molecule has 0 radical (unpaired) electrons. The van der Waals surface area contributed by atoms with Crippen molar-refractivity contribution in [1.82, 2.24) is 9.97 Å². The fourth-order valence-corrected chi connectivity index (χ4v) is 1.19. The molecule has 2 aromatic heterocycles. The van der Waals surface area contributed by atoms with E-state index in [0.717, 1.165) is 0 Å². The van der Waals surface area contributed by atoms with Crippen molar-refractivity contribution in [3.63, 3.8) is 0 Å². The molecular formula is C12H10N2O3. The molecule has 0 aliphatic rings. The van der Waals surface area contributed by atoms with Crippen LogP contribution in [0.4, 0.5) is 0 Å². The molecule has 0 aromatic carbocycles. The highest BCUT2D eigenvalue weighted by atomic mass is 16.5. The van der Waals surface area contributed by atoms with Crippen LogP contribution in [0.1, 0.15) is 10.5 Å². The first-order chi connectivity index (χ1) is 8.29. The van der Waals surface area contributed by atoms with Crippen LogP contribution in [0.2, 0.25) is 0 Å². The van der Waals surface area contributed by atoms with Crippen molar-refractivity contribution in [3.8, 4) is 11.6 Å². The van der Waals surface area contributed by atoms with Crippen LogP contribution >= 0.6 is 0 Å². The molecule has 0 saturated heterocycles. The third kappa shape index (κ3) is 2.78. The highest BCUT2D eigenvalue weighted by Gasteiger charge is 2.06. The molecule has 0 unspecified atom stereocenters. The Bertz CT molecular complexity index is 497. The second-order valence-corrected chi connectivity index (χ2v) is 3.14. The maximum absolute atomic E-state index is 11.1. The largest absolute Gasteiger partial charge is 0.464 e. The van der Waals surface area contributed by atoms with Crippen LogP contribution in [0.3, 0.4) is 0 Å². The summed E-state index contributed by atoms with van der Waals surface area (Å²) in [6, 6.07) is 8.51. The number of hydrogen-bond acceptors (Lipinski definition) is 5. The molecule has 0 aliphatic carbocycles. The molecular weight excluding hydrogens is 220 g/mol. The second-order valence-electron chi connectivity index (χ2n) is 3.14. The number of hydrogen-bond donors (Lipinski definition) is 0. The van der Waals surface area contributed by atoms with E-state index >= 15 is 0 Å². The summed E-state index contributed by atoms with van der Waals surface area (Å²) < 4.78 is 9.96. The van der Waals surface area contributed by atoms with Gasteiger partial charge in [0.15, 0.2) is 0 Å². The average molecular weight is 230 g/mol. The van der Waals surface area contributed by atoms with Crippen LogP contribution in [-0.4, -0.2) is 23.0 Å². The van der Waals surface area contributed by atoms with Gasteiger partial charge in [-0.05, 0) is 18.2 Å². The summed E-state index contributed by atoms with van der Waals surface area (Å²) in [5.74, 6) is 0.505. The molecule has 2 rings (SSSR count). The van der Waals surface area contributed by atoms with E-state index in [1.54, 1.807) is 24.4 Å². The molecule has 0 N–H and O–H groups in total. The maximum atomic E-state index is 11.1. The van der Waals surface area contributed by atoms with Gasteiger partial charge in [-0.3, -0.25) is 0 Å². The van der Waals surface area contributed by atoms with Crippen molar-refractivity contribution in [3.05, 3.63) is 48.4 Å². The van der Waals surface area contributed by atoms with E-state index in [9.17, 15) is 4.79 Å². The lowest BCUT2D eigenvalue weighted by atomic mass is 10.3. The van der Waals surface area contributed by atoms with Gasteiger partial charge < -0.3 is 9.47 Å². The number of aromatic nitrogens is 2. The predicted octanol–water partition coefficient (Wildman–Crippen LogP) is 2.06. The fraction of sp³-hybridized carbons (Fsp3) is 0.0833. The summed E-state index contributed by atoms with van der Waals surface area (Å²) >= 11 is 0. The monoisotopic (exact) mass is 230 g/mol. The zero-order chi connectivity index (χ0) is 12.1. The Hall–Kier alpha value is -2.43. The number of methoxy groups -OCH3 is 1. The van der Waals surface area contributed by atoms with E-state index in [2.05, 4.69) is 14.7 Å². The third-order valence-electron chi connectivity index (χ3n) is 1.99. The van der Waals surface area contributed by atoms with Crippen molar-refractivity contribution in [2.75, 3.05) is 7.11 Å². The van der Waals surface area contributed by atoms with E-state index in [1.165, 1.54) is 19.4 Å². The number of carbonyl (C=O) groups is 1. The normalized spacial score (nSPS) is 9.71. The van der Waals surface area contributed by atoms with Crippen molar-refractivity contribution in [1.29, 1.82) is 0 Å². The summed E-state index contributed by atoms with van der Waals surface area (Å²) in [7, 11) is 1.31. The van der Waals surface area contributed by atoms with Crippen molar-refractivity contribution >= 4 is 5.97 Å². The lowest BCUT2D eigenvalue weighted by Crippen LogP contribution is -2.03. The number of esters is 1. The van der Waals surface area contributed by atoms with E-state index in [1.807, 2.05) is 6.07 Å². The smallest absolute Gasteiger partial charge is 0.356 e. The van der Waals surface area contributed by atoms with Crippen molar-refractivity contribution < 1.29 is 14.3 Å². The van der Waals surface area contributed by atoms with Gasteiger partial charge in [0.2, 0.25) is 5.88 Å². The van der Waals surface area contributed by atoms with Gasteiger partial charge in [0, 0.05) is 12.3 Å². The number of rotatable bonds is 3. The molecule has 0 bridgehead atoms.